The summed E-state index contributed by atoms with van der Waals surface area (Å²) >= 11 is 0. The molecule has 0 aromatic heterocycles. The van der Waals surface area contributed by atoms with Gasteiger partial charge in [-0.3, -0.25) is 9.59 Å². The van der Waals surface area contributed by atoms with Crippen LogP contribution < -0.4 is 9.47 Å². The molecular weight excluding hydrogens is 426 g/mol. The number of carbonyl (C=O) groups is 2. The van der Waals surface area contributed by atoms with Crippen LogP contribution in [0.3, 0.4) is 0 Å². The lowest BCUT2D eigenvalue weighted by Crippen LogP contribution is -2.25. The van der Waals surface area contributed by atoms with Crippen molar-refractivity contribution in [1.82, 2.24) is 4.90 Å². The molecule has 5 nitrogen and oxygen atoms in total. The summed E-state index contributed by atoms with van der Waals surface area (Å²) in [6, 6.07) is 10.5. The zero-order chi connectivity index (χ0) is 25.7. The van der Waals surface area contributed by atoms with Crippen molar-refractivity contribution < 1.29 is 19.1 Å². The summed E-state index contributed by atoms with van der Waals surface area (Å²) in [5.41, 5.74) is 1.98. The van der Waals surface area contributed by atoms with Crippen LogP contribution in [0.25, 0.3) is 6.08 Å². The van der Waals surface area contributed by atoms with Crippen LogP contribution in [0.5, 0.6) is 11.5 Å². The first-order chi connectivity index (χ1) is 15.7. The molecule has 0 saturated heterocycles. The first-order valence-electron chi connectivity index (χ1n) is 11.4. The van der Waals surface area contributed by atoms with Gasteiger partial charge < -0.3 is 14.4 Å². The van der Waals surface area contributed by atoms with Crippen molar-refractivity contribution in [2.45, 2.75) is 59.2 Å². The Labute approximate surface area is 204 Å². The predicted molar refractivity (Wildman–Crippen MR) is 139 cm³/mol. The lowest BCUT2D eigenvalue weighted by molar-refractivity contribution is 0.0827. The number of rotatable bonds is 8. The van der Waals surface area contributed by atoms with Gasteiger partial charge in [0, 0.05) is 36.9 Å². The molecule has 0 aliphatic rings. The number of carbonyl (C=O) groups excluding carboxylic acids is 2. The van der Waals surface area contributed by atoms with Crippen LogP contribution in [0.1, 0.15) is 73.4 Å². The maximum Gasteiger partial charge on any atom is 0.253 e. The van der Waals surface area contributed by atoms with Gasteiger partial charge in [0.2, 0.25) is 0 Å². The summed E-state index contributed by atoms with van der Waals surface area (Å²) in [7, 11) is 3.39. The Bertz CT molecular complexity index is 1070. The molecule has 182 valence electrons. The molecule has 0 unspecified atom stereocenters. The van der Waals surface area contributed by atoms with Gasteiger partial charge in [0.1, 0.15) is 22.7 Å². The molecule has 0 saturated carbocycles. The maximum absolute atomic E-state index is 12.8. The number of ketones is 1. The molecule has 0 radical (unpaired) electrons. The number of amides is 1. The highest BCUT2D eigenvalue weighted by Crippen LogP contribution is 2.35. The Balaban J connectivity index is 2.43. The largest absolute Gasteiger partial charge is 0.488 e. The molecule has 0 bridgehead atoms. The third-order valence-electron chi connectivity index (χ3n) is 4.63. The van der Waals surface area contributed by atoms with Gasteiger partial charge in [0.25, 0.3) is 5.91 Å². The third-order valence-corrected chi connectivity index (χ3v) is 4.63. The van der Waals surface area contributed by atoms with E-state index in [0.29, 0.717) is 23.3 Å². The first kappa shape index (κ1) is 26.9. The van der Waals surface area contributed by atoms with Crippen molar-refractivity contribution in [2.75, 3.05) is 14.1 Å². The summed E-state index contributed by atoms with van der Waals surface area (Å²) in [6.45, 7) is 15.8. The van der Waals surface area contributed by atoms with Gasteiger partial charge in [-0.05, 0) is 83.9 Å². The number of hydrogen-bond acceptors (Lipinski definition) is 4. The summed E-state index contributed by atoms with van der Waals surface area (Å²) in [6.07, 6.45) is 5.73. The monoisotopic (exact) mass is 463 g/mol. The minimum absolute atomic E-state index is 0.106. The smallest absolute Gasteiger partial charge is 0.253 e. The molecule has 1 amide bonds. The molecule has 0 N–H and O–H groups in total. The Morgan fingerprint density at radius 2 is 1.41 bits per heavy atom. The number of hydrogen-bond donors (Lipinski definition) is 0. The highest BCUT2D eigenvalue weighted by atomic mass is 16.5. The van der Waals surface area contributed by atoms with E-state index in [9.17, 15) is 9.59 Å². The zero-order valence-corrected chi connectivity index (χ0v) is 21.7. The van der Waals surface area contributed by atoms with Crippen molar-refractivity contribution >= 4 is 17.8 Å². The molecule has 5 heteroatoms. The molecule has 2 aromatic rings. The fraction of sp³-hybridized carbons (Fsp3) is 0.379. The Morgan fingerprint density at radius 3 is 1.91 bits per heavy atom. The lowest BCUT2D eigenvalue weighted by Gasteiger charge is -2.27. The second-order valence-electron chi connectivity index (χ2n) is 10.4. The van der Waals surface area contributed by atoms with E-state index in [1.165, 1.54) is 11.0 Å². The average molecular weight is 464 g/mol. The van der Waals surface area contributed by atoms with Gasteiger partial charge in [-0.25, -0.2) is 0 Å². The van der Waals surface area contributed by atoms with Gasteiger partial charge >= 0.3 is 0 Å². The Kier molecular flexibility index (Phi) is 8.49. The lowest BCUT2D eigenvalue weighted by atomic mass is 10.0. The summed E-state index contributed by atoms with van der Waals surface area (Å²) in [5.74, 6) is 1.10. The van der Waals surface area contributed by atoms with Crippen molar-refractivity contribution in [2.24, 2.45) is 0 Å². The normalized spacial score (nSPS) is 11.9. The van der Waals surface area contributed by atoms with Crippen LogP contribution in [0.4, 0.5) is 0 Å². The van der Waals surface area contributed by atoms with E-state index in [2.05, 4.69) is 6.58 Å². The van der Waals surface area contributed by atoms with Crippen LogP contribution >= 0.6 is 0 Å². The van der Waals surface area contributed by atoms with Crippen molar-refractivity contribution in [3.8, 4) is 11.5 Å². The molecule has 0 heterocycles. The van der Waals surface area contributed by atoms with E-state index < -0.39 is 5.60 Å². The van der Waals surface area contributed by atoms with Crippen molar-refractivity contribution in [1.29, 1.82) is 0 Å². The summed E-state index contributed by atoms with van der Waals surface area (Å²) in [4.78, 5) is 26.4. The van der Waals surface area contributed by atoms with E-state index >= 15 is 0 Å². The number of allylic oxidation sites excluding steroid dienone is 2. The van der Waals surface area contributed by atoms with Gasteiger partial charge in [0.15, 0.2) is 5.78 Å². The molecule has 2 rings (SSSR count). The molecule has 2 aromatic carbocycles. The number of ether oxygens (including phenoxy) is 2. The SMILES string of the molecule is C=CCc1cc(/C=C/C(=O)c2ccc(C(=O)N(C)C)cc2)c(OC(C)(C)C)cc1OC(C)(C)C. The van der Waals surface area contributed by atoms with Crippen LogP contribution in [-0.2, 0) is 6.42 Å². The van der Waals surface area contributed by atoms with E-state index in [1.807, 2.05) is 59.8 Å². The standard InChI is InChI=1S/C29H37NO4/c1-10-11-22-18-23(26(34-29(5,6)7)19-25(22)33-28(2,3)4)16-17-24(31)20-12-14-21(15-13-20)27(32)30(8)9/h10,12-19H,1,11H2,2-9H3/b17-16+. The molecule has 0 spiro atoms. The molecule has 0 fully saturated rings. The fourth-order valence-electron chi connectivity index (χ4n) is 3.21. The van der Waals surface area contributed by atoms with Crippen molar-refractivity contribution in [3.05, 3.63) is 77.4 Å². The average Bonchev–Trinajstić information content (AvgIpc) is 2.71. The minimum atomic E-state index is -0.430. The second-order valence-corrected chi connectivity index (χ2v) is 10.4. The summed E-state index contributed by atoms with van der Waals surface area (Å²) in [5, 5.41) is 0. The molecule has 0 aliphatic heterocycles. The second kappa shape index (κ2) is 10.7. The quantitative estimate of drug-likeness (QED) is 0.259. The van der Waals surface area contributed by atoms with Gasteiger partial charge in [0.05, 0.1) is 0 Å². The highest BCUT2D eigenvalue weighted by Gasteiger charge is 2.20. The van der Waals surface area contributed by atoms with Crippen molar-refractivity contribution in [3.63, 3.8) is 0 Å². The molecule has 0 atom stereocenters. The van der Waals surface area contributed by atoms with E-state index in [-0.39, 0.29) is 17.3 Å². The predicted octanol–water partition coefficient (Wildman–Crippen LogP) is 6.37. The highest BCUT2D eigenvalue weighted by molar-refractivity contribution is 6.07. The topological polar surface area (TPSA) is 55.8 Å². The van der Waals surface area contributed by atoms with Gasteiger partial charge in [-0.1, -0.05) is 18.2 Å². The number of nitrogens with zero attached hydrogens (tertiary/aromatic N) is 1. The van der Waals surface area contributed by atoms with Crippen LogP contribution in [-0.4, -0.2) is 41.9 Å². The molecule has 0 aliphatic carbocycles. The van der Waals surface area contributed by atoms with Crippen LogP contribution in [0.15, 0.2) is 55.1 Å². The fourth-order valence-corrected chi connectivity index (χ4v) is 3.21. The maximum atomic E-state index is 12.8. The first-order valence-corrected chi connectivity index (χ1v) is 11.4. The van der Waals surface area contributed by atoms with E-state index in [1.54, 1.807) is 44.4 Å². The minimum Gasteiger partial charge on any atom is -0.488 e. The molecular formula is C29H37NO4. The van der Waals surface area contributed by atoms with Gasteiger partial charge in [-0.2, -0.15) is 0 Å². The van der Waals surface area contributed by atoms with E-state index in [4.69, 9.17) is 9.47 Å². The third kappa shape index (κ3) is 7.91. The van der Waals surface area contributed by atoms with Crippen LogP contribution in [0.2, 0.25) is 0 Å². The molecule has 34 heavy (non-hydrogen) atoms. The summed E-state index contributed by atoms with van der Waals surface area (Å²) < 4.78 is 12.4. The Morgan fingerprint density at radius 1 is 0.882 bits per heavy atom. The zero-order valence-electron chi connectivity index (χ0n) is 21.7. The van der Waals surface area contributed by atoms with E-state index in [0.717, 1.165) is 16.9 Å². The van der Waals surface area contributed by atoms with Gasteiger partial charge in [-0.15, -0.1) is 6.58 Å². The Hall–Kier alpha value is -3.34. The number of benzene rings is 2. The van der Waals surface area contributed by atoms with Crippen LogP contribution in [0, 0.1) is 0 Å².